The first-order valence-corrected chi connectivity index (χ1v) is 9.92. The SMILES string of the molecule is Nc1cc(Nc2ncnc3ccn(CCOCCO)c23)ccc1OCc1ccccn1. The van der Waals surface area contributed by atoms with Crippen LogP contribution in [-0.4, -0.2) is 44.4 Å². The van der Waals surface area contributed by atoms with Crippen LogP contribution in [0, 0.1) is 0 Å². The normalized spacial score (nSPS) is 11.0. The number of nitrogen functional groups attached to an aromatic ring is 1. The number of rotatable bonds is 10. The topological polar surface area (TPSA) is 120 Å². The summed E-state index contributed by atoms with van der Waals surface area (Å²) in [6, 6.07) is 13.1. The van der Waals surface area contributed by atoms with Gasteiger partial charge in [-0.15, -0.1) is 0 Å². The third kappa shape index (κ3) is 5.08. The second-order valence-corrected chi connectivity index (χ2v) is 6.79. The molecule has 4 N–H and O–H groups in total. The first-order valence-electron chi connectivity index (χ1n) is 9.92. The zero-order valence-electron chi connectivity index (χ0n) is 16.9. The molecule has 0 amide bonds. The van der Waals surface area contributed by atoms with Crippen molar-refractivity contribution in [2.45, 2.75) is 13.2 Å². The summed E-state index contributed by atoms with van der Waals surface area (Å²) in [5.41, 5.74) is 10.0. The van der Waals surface area contributed by atoms with Gasteiger partial charge in [-0.05, 0) is 36.4 Å². The Balaban J connectivity index is 1.48. The van der Waals surface area contributed by atoms with Gasteiger partial charge in [0.25, 0.3) is 0 Å². The van der Waals surface area contributed by atoms with Gasteiger partial charge >= 0.3 is 0 Å². The summed E-state index contributed by atoms with van der Waals surface area (Å²) in [4.78, 5) is 13.0. The number of hydrogen-bond donors (Lipinski definition) is 3. The van der Waals surface area contributed by atoms with Crippen LogP contribution in [0.25, 0.3) is 11.0 Å². The van der Waals surface area contributed by atoms with E-state index in [2.05, 4.69) is 20.3 Å². The number of pyridine rings is 1. The van der Waals surface area contributed by atoms with Crippen molar-refractivity contribution in [2.24, 2.45) is 0 Å². The maximum Gasteiger partial charge on any atom is 0.158 e. The van der Waals surface area contributed by atoms with E-state index < -0.39 is 0 Å². The second-order valence-electron chi connectivity index (χ2n) is 6.79. The van der Waals surface area contributed by atoms with Crippen LogP contribution in [0.2, 0.25) is 0 Å². The highest BCUT2D eigenvalue weighted by Crippen LogP contribution is 2.29. The van der Waals surface area contributed by atoms with E-state index in [0.29, 0.717) is 43.6 Å². The monoisotopic (exact) mass is 420 g/mol. The fraction of sp³-hybridized carbons (Fsp3) is 0.227. The van der Waals surface area contributed by atoms with Crippen molar-refractivity contribution < 1.29 is 14.6 Å². The van der Waals surface area contributed by atoms with Gasteiger partial charge in [-0.2, -0.15) is 0 Å². The molecule has 0 saturated heterocycles. The summed E-state index contributed by atoms with van der Waals surface area (Å²) in [5, 5.41) is 12.2. The Morgan fingerprint density at radius 1 is 1.06 bits per heavy atom. The van der Waals surface area contributed by atoms with Crippen LogP contribution in [0.5, 0.6) is 5.75 Å². The van der Waals surface area contributed by atoms with Crippen molar-refractivity contribution in [3.63, 3.8) is 0 Å². The van der Waals surface area contributed by atoms with Crippen LogP contribution in [0.1, 0.15) is 5.69 Å². The molecule has 0 atom stereocenters. The van der Waals surface area contributed by atoms with Gasteiger partial charge in [0.2, 0.25) is 0 Å². The van der Waals surface area contributed by atoms with Gasteiger partial charge in [-0.1, -0.05) is 6.07 Å². The van der Waals surface area contributed by atoms with E-state index in [-0.39, 0.29) is 6.61 Å². The van der Waals surface area contributed by atoms with Gasteiger partial charge in [0.1, 0.15) is 24.2 Å². The molecule has 3 heterocycles. The van der Waals surface area contributed by atoms with Gasteiger partial charge < -0.3 is 30.2 Å². The molecule has 0 saturated carbocycles. The predicted octanol–water partition coefficient (Wildman–Crippen LogP) is 2.74. The zero-order chi connectivity index (χ0) is 21.5. The second kappa shape index (κ2) is 9.88. The minimum atomic E-state index is 0.00529. The number of anilines is 3. The minimum absolute atomic E-state index is 0.00529. The van der Waals surface area contributed by atoms with Crippen molar-refractivity contribution in [1.82, 2.24) is 19.5 Å². The lowest BCUT2D eigenvalue weighted by Crippen LogP contribution is -2.09. The van der Waals surface area contributed by atoms with Gasteiger partial charge in [0.05, 0.1) is 36.7 Å². The number of fused-ring (bicyclic) bond motifs is 1. The third-order valence-corrected chi connectivity index (χ3v) is 4.64. The molecule has 4 rings (SSSR count). The number of aliphatic hydroxyl groups excluding tert-OH is 1. The summed E-state index contributed by atoms with van der Waals surface area (Å²) < 4.78 is 13.2. The van der Waals surface area contributed by atoms with Crippen LogP contribution in [0.3, 0.4) is 0 Å². The Morgan fingerprint density at radius 3 is 2.81 bits per heavy atom. The van der Waals surface area contributed by atoms with E-state index in [1.165, 1.54) is 6.33 Å². The van der Waals surface area contributed by atoms with Gasteiger partial charge in [0.15, 0.2) is 5.82 Å². The Labute approximate surface area is 179 Å². The molecule has 0 unspecified atom stereocenters. The number of nitrogens with zero attached hydrogens (tertiary/aromatic N) is 4. The molecule has 9 heteroatoms. The predicted molar refractivity (Wildman–Crippen MR) is 118 cm³/mol. The van der Waals surface area contributed by atoms with E-state index in [9.17, 15) is 0 Å². The lowest BCUT2D eigenvalue weighted by atomic mass is 10.2. The zero-order valence-corrected chi connectivity index (χ0v) is 16.9. The average molecular weight is 420 g/mol. The number of nitrogens with one attached hydrogen (secondary N) is 1. The number of aliphatic hydroxyl groups is 1. The number of benzene rings is 1. The maximum atomic E-state index is 8.85. The van der Waals surface area contributed by atoms with Gasteiger partial charge in [0, 0.05) is 24.6 Å². The average Bonchev–Trinajstić information content (AvgIpc) is 3.21. The number of hydrogen-bond acceptors (Lipinski definition) is 8. The highest BCUT2D eigenvalue weighted by molar-refractivity contribution is 5.88. The first kappa shape index (κ1) is 20.6. The molecule has 160 valence electrons. The Hall–Kier alpha value is -3.69. The lowest BCUT2D eigenvalue weighted by molar-refractivity contribution is 0.0875. The molecule has 0 aliphatic rings. The molecular formula is C22H24N6O3. The maximum absolute atomic E-state index is 8.85. The molecule has 0 fully saturated rings. The van der Waals surface area contributed by atoms with Crippen LogP contribution in [-0.2, 0) is 17.9 Å². The molecule has 1 aromatic carbocycles. The van der Waals surface area contributed by atoms with Crippen LogP contribution in [0.4, 0.5) is 17.2 Å². The molecule has 0 bridgehead atoms. The van der Waals surface area contributed by atoms with Crippen molar-refractivity contribution in [3.8, 4) is 5.75 Å². The van der Waals surface area contributed by atoms with Crippen molar-refractivity contribution in [1.29, 1.82) is 0 Å². The van der Waals surface area contributed by atoms with E-state index >= 15 is 0 Å². The molecule has 0 radical (unpaired) electrons. The molecule has 0 aliphatic heterocycles. The van der Waals surface area contributed by atoms with E-state index in [4.69, 9.17) is 20.3 Å². The number of aromatic nitrogens is 4. The Kier molecular flexibility index (Phi) is 6.56. The van der Waals surface area contributed by atoms with Crippen molar-refractivity contribution >= 4 is 28.2 Å². The van der Waals surface area contributed by atoms with E-state index in [1.807, 2.05) is 47.2 Å². The molecule has 31 heavy (non-hydrogen) atoms. The summed E-state index contributed by atoms with van der Waals surface area (Å²) in [6.45, 7) is 1.76. The third-order valence-electron chi connectivity index (χ3n) is 4.64. The van der Waals surface area contributed by atoms with Gasteiger partial charge in [-0.25, -0.2) is 9.97 Å². The minimum Gasteiger partial charge on any atom is -0.485 e. The van der Waals surface area contributed by atoms with Crippen LogP contribution >= 0.6 is 0 Å². The highest BCUT2D eigenvalue weighted by atomic mass is 16.5. The highest BCUT2D eigenvalue weighted by Gasteiger charge is 2.11. The van der Waals surface area contributed by atoms with E-state index in [1.54, 1.807) is 12.3 Å². The largest absolute Gasteiger partial charge is 0.485 e. The first-order chi connectivity index (χ1) is 15.2. The molecule has 3 aromatic heterocycles. The molecule has 0 spiro atoms. The summed E-state index contributed by atoms with van der Waals surface area (Å²) in [5.74, 6) is 1.26. The summed E-state index contributed by atoms with van der Waals surface area (Å²) >= 11 is 0. The molecule has 9 nitrogen and oxygen atoms in total. The Morgan fingerprint density at radius 2 is 2.00 bits per heavy atom. The smallest absolute Gasteiger partial charge is 0.158 e. The van der Waals surface area contributed by atoms with Crippen molar-refractivity contribution in [2.75, 3.05) is 30.9 Å². The van der Waals surface area contributed by atoms with Crippen LogP contribution < -0.4 is 15.8 Å². The lowest BCUT2D eigenvalue weighted by Gasteiger charge is -2.13. The van der Waals surface area contributed by atoms with Crippen LogP contribution in [0.15, 0.2) is 61.2 Å². The fourth-order valence-corrected chi connectivity index (χ4v) is 3.17. The number of nitrogens with two attached hydrogens (primary N) is 1. The Bertz CT molecular complexity index is 1130. The molecular weight excluding hydrogens is 396 g/mol. The van der Waals surface area contributed by atoms with Gasteiger partial charge in [-0.3, -0.25) is 4.98 Å². The quantitative estimate of drug-likeness (QED) is 0.265. The number of ether oxygens (including phenoxy) is 2. The molecule has 4 aromatic rings. The van der Waals surface area contributed by atoms with E-state index in [0.717, 1.165) is 22.4 Å². The summed E-state index contributed by atoms with van der Waals surface area (Å²) in [6.07, 6.45) is 5.19. The summed E-state index contributed by atoms with van der Waals surface area (Å²) in [7, 11) is 0. The van der Waals surface area contributed by atoms with Crippen molar-refractivity contribution in [3.05, 3.63) is 66.9 Å². The molecule has 0 aliphatic carbocycles. The fourth-order valence-electron chi connectivity index (χ4n) is 3.17. The standard InChI is InChI=1S/C22H24N6O3/c23-18-13-16(4-5-20(18)31-14-17-3-1-2-7-24-17)27-22-21-19(25-15-26-22)6-8-28(21)9-11-30-12-10-29/h1-8,13,15,29H,9-12,14,23H2,(H,25,26,27).